The topological polar surface area (TPSA) is 61.8 Å². The molecule has 4 heteroatoms. The predicted molar refractivity (Wildman–Crippen MR) is 85.7 cm³/mol. The largest absolute Gasteiger partial charge is 0.409 e. The van der Waals surface area contributed by atoms with Gasteiger partial charge in [-0.15, -0.1) is 0 Å². The van der Waals surface area contributed by atoms with Crippen molar-refractivity contribution in [3.63, 3.8) is 0 Å². The first kappa shape index (κ1) is 16.3. The average Bonchev–Trinajstić information content (AvgIpc) is 2.47. The van der Waals surface area contributed by atoms with Crippen LogP contribution in [0.15, 0.2) is 23.4 Å². The van der Waals surface area contributed by atoms with Crippen LogP contribution in [0.1, 0.15) is 50.7 Å². The van der Waals surface area contributed by atoms with Gasteiger partial charge in [0.15, 0.2) is 5.84 Å². The van der Waals surface area contributed by atoms with Gasteiger partial charge in [0.05, 0.1) is 0 Å². The number of aryl methyl sites for hydroxylation is 1. The monoisotopic (exact) mass is 277 g/mol. The molecule has 0 bridgehead atoms. The molecule has 0 aromatic heterocycles. The summed E-state index contributed by atoms with van der Waals surface area (Å²) in [4.78, 5) is 2.35. The molecule has 0 amide bonds. The van der Waals surface area contributed by atoms with Crippen molar-refractivity contribution in [3.8, 4) is 0 Å². The SMILES string of the molecule is CCCCN(CCCC)c1ccc(C)cc1/C(N)=N/O. The summed E-state index contributed by atoms with van der Waals surface area (Å²) in [7, 11) is 0. The molecule has 0 atom stereocenters. The first-order valence-corrected chi connectivity index (χ1v) is 7.47. The van der Waals surface area contributed by atoms with E-state index in [1.54, 1.807) is 0 Å². The Kier molecular flexibility index (Phi) is 6.91. The van der Waals surface area contributed by atoms with Crippen LogP contribution in [0.5, 0.6) is 0 Å². The van der Waals surface area contributed by atoms with Crippen molar-refractivity contribution in [2.24, 2.45) is 10.9 Å². The minimum Gasteiger partial charge on any atom is -0.409 e. The number of unbranched alkanes of at least 4 members (excludes halogenated alkanes) is 2. The lowest BCUT2D eigenvalue weighted by Crippen LogP contribution is -2.29. The third-order valence-corrected chi connectivity index (χ3v) is 3.44. The lowest BCUT2D eigenvalue weighted by Gasteiger charge is -2.27. The molecular formula is C16H27N3O. The lowest BCUT2D eigenvalue weighted by atomic mass is 10.1. The molecule has 0 aliphatic carbocycles. The number of amidine groups is 1. The Morgan fingerprint density at radius 2 is 1.80 bits per heavy atom. The molecule has 0 fully saturated rings. The Bertz CT molecular complexity index is 435. The maximum absolute atomic E-state index is 8.98. The summed E-state index contributed by atoms with van der Waals surface area (Å²) < 4.78 is 0. The molecule has 112 valence electrons. The van der Waals surface area contributed by atoms with E-state index in [1.807, 2.05) is 13.0 Å². The van der Waals surface area contributed by atoms with Gasteiger partial charge in [-0.25, -0.2) is 0 Å². The van der Waals surface area contributed by atoms with Gasteiger partial charge in [0.2, 0.25) is 0 Å². The number of hydrogen-bond acceptors (Lipinski definition) is 3. The molecule has 0 spiro atoms. The van der Waals surface area contributed by atoms with E-state index in [0.29, 0.717) is 0 Å². The molecule has 1 aromatic rings. The zero-order valence-electron chi connectivity index (χ0n) is 12.9. The second-order valence-corrected chi connectivity index (χ2v) is 5.20. The molecule has 1 aromatic carbocycles. The molecule has 0 saturated carbocycles. The summed E-state index contributed by atoms with van der Waals surface area (Å²) in [6, 6.07) is 6.14. The Hall–Kier alpha value is -1.71. The van der Waals surface area contributed by atoms with Gasteiger partial charge >= 0.3 is 0 Å². The number of nitrogens with two attached hydrogens (primary N) is 1. The number of nitrogens with zero attached hydrogens (tertiary/aromatic N) is 2. The zero-order chi connectivity index (χ0) is 15.0. The van der Waals surface area contributed by atoms with E-state index in [0.717, 1.165) is 55.6 Å². The first-order chi connectivity index (χ1) is 9.63. The van der Waals surface area contributed by atoms with Crippen LogP contribution in [-0.4, -0.2) is 24.1 Å². The normalized spacial score (nSPS) is 11.7. The summed E-state index contributed by atoms with van der Waals surface area (Å²) in [6.45, 7) is 8.41. The van der Waals surface area contributed by atoms with Crippen molar-refractivity contribution in [3.05, 3.63) is 29.3 Å². The van der Waals surface area contributed by atoms with E-state index in [-0.39, 0.29) is 5.84 Å². The fourth-order valence-corrected chi connectivity index (χ4v) is 2.24. The van der Waals surface area contributed by atoms with Crippen molar-refractivity contribution in [2.75, 3.05) is 18.0 Å². The molecule has 0 unspecified atom stereocenters. The van der Waals surface area contributed by atoms with Gasteiger partial charge in [-0.3, -0.25) is 0 Å². The fourth-order valence-electron chi connectivity index (χ4n) is 2.24. The molecule has 4 nitrogen and oxygen atoms in total. The summed E-state index contributed by atoms with van der Waals surface area (Å²) in [5.74, 6) is 0.182. The van der Waals surface area contributed by atoms with E-state index >= 15 is 0 Å². The van der Waals surface area contributed by atoms with Crippen LogP contribution in [-0.2, 0) is 0 Å². The van der Waals surface area contributed by atoms with E-state index in [4.69, 9.17) is 10.9 Å². The minimum atomic E-state index is 0.182. The highest BCUT2D eigenvalue weighted by atomic mass is 16.4. The number of oxime groups is 1. The van der Waals surface area contributed by atoms with Crippen molar-refractivity contribution in [1.82, 2.24) is 0 Å². The van der Waals surface area contributed by atoms with E-state index in [9.17, 15) is 0 Å². The van der Waals surface area contributed by atoms with Gasteiger partial charge in [0.25, 0.3) is 0 Å². The molecule has 1 rings (SSSR count). The molecule has 0 aliphatic heterocycles. The van der Waals surface area contributed by atoms with Crippen LogP contribution in [0.25, 0.3) is 0 Å². The van der Waals surface area contributed by atoms with Crippen LogP contribution in [0.4, 0.5) is 5.69 Å². The lowest BCUT2D eigenvalue weighted by molar-refractivity contribution is 0.318. The highest BCUT2D eigenvalue weighted by Gasteiger charge is 2.13. The smallest absolute Gasteiger partial charge is 0.172 e. The highest BCUT2D eigenvalue weighted by Crippen LogP contribution is 2.23. The van der Waals surface area contributed by atoms with Crippen LogP contribution >= 0.6 is 0 Å². The van der Waals surface area contributed by atoms with Gasteiger partial charge in [0.1, 0.15) is 0 Å². The van der Waals surface area contributed by atoms with Crippen LogP contribution < -0.4 is 10.6 Å². The summed E-state index contributed by atoms with van der Waals surface area (Å²) >= 11 is 0. The molecule has 0 heterocycles. The van der Waals surface area contributed by atoms with Gasteiger partial charge < -0.3 is 15.8 Å². The molecule has 20 heavy (non-hydrogen) atoms. The third-order valence-electron chi connectivity index (χ3n) is 3.44. The van der Waals surface area contributed by atoms with Gasteiger partial charge in [-0.05, 0) is 31.9 Å². The van der Waals surface area contributed by atoms with Gasteiger partial charge in [-0.1, -0.05) is 43.5 Å². The van der Waals surface area contributed by atoms with E-state index in [1.165, 1.54) is 0 Å². The number of hydrogen-bond donors (Lipinski definition) is 2. The number of anilines is 1. The molecule has 0 radical (unpaired) electrons. The molecular weight excluding hydrogens is 250 g/mol. The van der Waals surface area contributed by atoms with Gasteiger partial charge in [-0.2, -0.15) is 0 Å². The first-order valence-electron chi connectivity index (χ1n) is 7.47. The second-order valence-electron chi connectivity index (χ2n) is 5.20. The maximum atomic E-state index is 8.98. The van der Waals surface area contributed by atoms with Crippen LogP contribution in [0.2, 0.25) is 0 Å². The summed E-state index contributed by atoms with van der Waals surface area (Å²) in [6.07, 6.45) is 4.61. The van der Waals surface area contributed by atoms with Crippen molar-refractivity contribution >= 4 is 11.5 Å². The Morgan fingerprint density at radius 3 is 2.30 bits per heavy atom. The number of rotatable bonds is 8. The number of benzene rings is 1. The molecule has 0 aliphatic rings. The Labute approximate surface area is 122 Å². The van der Waals surface area contributed by atoms with Crippen molar-refractivity contribution in [2.45, 2.75) is 46.5 Å². The maximum Gasteiger partial charge on any atom is 0.172 e. The van der Waals surface area contributed by atoms with Gasteiger partial charge in [0, 0.05) is 24.3 Å². The van der Waals surface area contributed by atoms with Crippen LogP contribution in [0.3, 0.4) is 0 Å². The van der Waals surface area contributed by atoms with Crippen molar-refractivity contribution in [1.29, 1.82) is 0 Å². The summed E-state index contributed by atoms with van der Waals surface area (Å²) in [5, 5.41) is 12.2. The summed E-state index contributed by atoms with van der Waals surface area (Å²) in [5.41, 5.74) is 8.83. The fraction of sp³-hybridized carbons (Fsp3) is 0.562. The van der Waals surface area contributed by atoms with E-state index < -0.39 is 0 Å². The van der Waals surface area contributed by atoms with E-state index in [2.05, 4.69) is 36.0 Å². The van der Waals surface area contributed by atoms with Crippen molar-refractivity contribution < 1.29 is 5.21 Å². The second kappa shape index (κ2) is 8.46. The minimum absolute atomic E-state index is 0.182. The predicted octanol–water partition coefficient (Wildman–Crippen LogP) is 3.50. The third kappa shape index (κ3) is 4.44. The highest BCUT2D eigenvalue weighted by molar-refractivity contribution is 6.02. The molecule has 0 saturated heterocycles. The Morgan fingerprint density at radius 1 is 1.20 bits per heavy atom. The van der Waals surface area contributed by atoms with Crippen LogP contribution in [0, 0.1) is 6.92 Å². The standard InChI is InChI=1S/C16H27N3O/c1-4-6-10-19(11-7-5-2)15-9-8-13(3)12-14(15)16(17)18-20/h8-9,12,20H,4-7,10-11H2,1-3H3,(H2,17,18). The quantitative estimate of drug-likeness (QED) is 0.331. The zero-order valence-corrected chi connectivity index (χ0v) is 12.9. The average molecular weight is 277 g/mol. The molecule has 3 N–H and O–H groups in total. The Balaban J connectivity index is 3.10.